The van der Waals surface area contributed by atoms with Gasteiger partial charge < -0.3 is 9.47 Å². The van der Waals surface area contributed by atoms with Gasteiger partial charge in [0, 0.05) is 11.6 Å². The van der Waals surface area contributed by atoms with Gasteiger partial charge in [-0.25, -0.2) is 8.78 Å². The highest BCUT2D eigenvalue weighted by Gasteiger charge is 2.15. The van der Waals surface area contributed by atoms with E-state index < -0.39 is 17.4 Å². The molecule has 2 aromatic carbocycles. The van der Waals surface area contributed by atoms with Crippen molar-refractivity contribution in [1.29, 1.82) is 0 Å². The molecule has 0 atom stereocenters. The molecule has 0 bridgehead atoms. The number of methoxy groups -OCH3 is 2. The van der Waals surface area contributed by atoms with Gasteiger partial charge in [-0.1, -0.05) is 6.07 Å². The Hall–Kier alpha value is -2.69. The van der Waals surface area contributed by atoms with Crippen molar-refractivity contribution in [3.8, 4) is 11.5 Å². The zero-order chi connectivity index (χ0) is 16.1. The first-order valence-corrected chi connectivity index (χ1v) is 6.45. The molecule has 3 nitrogen and oxygen atoms in total. The Kier molecular flexibility index (Phi) is 4.88. The van der Waals surface area contributed by atoms with E-state index in [9.17, 15) is 13.6 Å². The lowest BCUT2D eigenvalue weighted by Gasteiger charge is -2.10. The first-order chi connectivity index (χ1) is 10.6. The second kappa shape index (κ2) is 6.85. The van der Waals surface area contributed by atoms with E-state index in [1.165, 1.54) is 32.4 Å². The predicted molar refractivity (Wildman–Crippen MR) is 79.3 cm³/mol. The van der Waals surface area contributed by atoms with E-state index in [1.807, 2.05) is 0 Å². The third-order valence-electron chi connectivity index (χ3n) is 3.05. The number of ether oxygens (including phenoxy) is 2. The molecule has 22 heavy (non-hydrogen) atoms. The molecule has 0 aliphatic carbocycles. The van der Waals surface area contributed by atoms with Gasteiger partial charge in [0.05, 0.1) is 14.2 Å². The summed E-state index contributed by atoms with van der Waals surface area (Å²) in [5, 5.41) is 0. The molecule has 0 N–H and O–H groups in total. The van der Waals surface area contributed by atoms with Crippen LogP contribution in [0.1, 0.15) is 15.9 Å². The van der Waals surface area contributed by atoms with Crippen LogP contribution in [0.25, 0.3) is 6.08 Å². The highest BCUT2D eigenvalue weighted by Crippen LogP contribution is 2.29. The Bertz CT molecular complexity index is 702. The molecule has 0 heterocycles. The van der Waals surface area contributed by atoms with Crippen molar-refractivity contribution >= 4 is 11.9 Å². The van der Waals surface area contributed by atoms with Crippen LogP contribution in [0.5, 0.6) is 11.5 Å². The van der Waals surface area contributed by atoms with E-state index in [1.54, 1.807) is 18.2 Å². The summed E-state index contributed by atoms with van der Waals surface area (Å²) in [6.07, 6.45) is 2.47. The van der Waals surface area contributed by atoms with Crippen LogP contribution >= 0.6 is 0 Å². The number of hydrogen-bond donors (Lipinski definition) is 0. The molecule has 2 aromatic rings. The van der Waals surface area contributed by atoms with Crippen LogP contribution < -0.4 is 9.47 Å². The molecule has 0 saturated carbocycles. The Morgan fingerprint density at radius 2 is 1.68 bits per heavy atom. The van der Waals surface area contributed by atoms with E-state index >= 15 is 0 Å². The van der Waals surface area contributed by atoms with E-state index in [2.05, 4.69) is 0 Å². The number of hydrogen-bond acceptors (Lipinski definition) is 3. The van der Waals surface area contributed by atoms with E-state index in [0.717, 1.165) is 12.1 Å². The average molecular weight is 304 g/mol. The van der Waals surface area contributed by atoms with Gasteiger partial charge in [0.15, 0.2) is 5.78 Å². The topological polar surface area (TPSA) is 35.5 Å². The second-order valence-corrected chi connectivity index (χ2v) is 4.40. The first-order valence-electron chi connectivity index (χ1n) is 6.45. The van der Waals surface area contributed by atoms with Crippen molar-refractivity contribution in [3.05, 3.63) is 65.2 Å². The van der Waals surface area contributed by atoms with E-state index in [4.69, 9.17) is 9.47 Å². The highest BCUT2D eigenvalue weighted by atomic mass is 19.1. The fraction of sp³-hybridized carbons (Fsp3) is 0.118. The van der Waals surface area contributed by atoms with Crippen LogP contribution in [0.2, 0.25) is 0 Å². The van der Waals surface area contributed by atoms with Gasteiger partial charge in [-0.3, -0.25) is 4.79 Å². The lowest BCUT2D eigenvalue weighted by molar-refractivity contribution is 0.104. The zero-order valence-electron chi connectivity index (χ0n) is 12.1. The van der Waals surface area contributed by atoms with Crippen molar-refractivity contribution in [2.24, 2.45) is 0 Å². The predicted octanol–water partition coefficient (Wildman–Crippen LogP) is 3.88. The van der Waals surface area contributed by atoms with Crippen molar-refractivity contribution in [2.45, 2.75) is 0 Å². The SMILES string of the molecule is COc1cccc(OC)c1C(=O)/C=C/c1ccc(F)cc1F. The van der Waals surface area contributed by atoms with Gasteiger partial charge in [-0.15, -0.1) is 0 Å². The second-order valence-electron chi connectivity index (χ2n) is 4.40. The van der Waals surface area contributed by atoms with Gasteiger partial charge >= 0.3 is 0 Å². The number of rotatable bonds is 5. The number of ketones is 1. The summed E-state index contributed by atoms with van der Waals surface area (Å²) in [5.41, 5.74) is 0.356. The van der Waals surface area contributed by atoms with Crippen LogP contribution in [0, 0.1) is 11.6 Å². The Balaban J connectivity index is 2.35. The molecule has 5 heteroatoms. The highest BCUT2D eigenvalue weighted by molar-refractivity contribution is 6.10. The molecule has 0 aromatic heterocycles. The summed E-state index contributed by atoms with van der Waals surface area (Å²) in [5.74, 6) is -1.11. The van der Waals surface area contributed by atoms with Crippen LogP contribution in [0.4, 0.5) is 8.78 Å². The minimum atomic E-state index is -0.740. The minimum Gasteiger partial charge on any atom is -0.496 e. The Labute approximate surface area is 126 Å². The maximum Gasteiger partial charge on any atom is 0.193 e. The number of halogens is 2. The van der Waals surface area contributed by atoms with E-state index in [-0.39, 0.29) is 11.1 Å². The summed E-state index contributed by atoms with van der Waals surface area (Å²) in [4.78, 5) is 12.3. The third-order valence-corrected chi connectivity index (χ3v) is 3.05. The van der Waals surface area contributed by atoms with Crippen LogP contribution in [-0.2, 0) is 0 Å². The van der Waals surface area contributed by atoms with Gasteiger partial charge in [0.2, 0.25) is 0 Å². The fourth-order valence-corrected chi connectivity index (χ4v) is 1.98. The van der Waals surface area contributed by atoms with Gasteiger partial charge in [-0.05, 0) is 36.4 Å². The van der Waals surface area contributed by atoms with Crippen molar-refractivity contribution < 1.29 is 23.0 Å². The van der Waals surface area contributed by atoms with Gasteiger partial charge in [-0.2, -0.15) is 0 Å². The summed E-state index contributed by atoms with van der Waals surface area (Å²) in [7, 11) is 2.88. The average Bonchev–Trinajstić information content (AvgIpc) is 2.52. The number of benzene rings is 2. The molecule has 0 unspecified atom stereocenters. The summed E-state index contributed by atoms with van der Waals surface area (Å²) >= 11 is 0. The summed E-state index contributed by atoms with van der Waals surface area (Å²) in [6.45, 7) is 0. The molecule has 0 fully saturated rings. The van der Waals surface area contributed by atoms with Gasteiger partial charge in [0.1, 0.15) is 28.7 Å². The monoisotopic (exact) mass is 304 g/mol. The molecule has 0 spiro atoms. The van der Waals surface area contributed by atoms with Crippen molar-refractivity contribution in [2.75, 3.05) is 14.2 Å². The first kappa shape index (κ1) is 15.7. The van der Waals surface area contributed by atoms with E-state index in [0.29, 0.717) is 11.5 Å². The van der Waals surface area contributed by atoms with Crippen LogP contribution in [-0.4, -0.2) is 20.0 Å². The normalized spacial score (nSPS) is 10.7. The smallest absolute Gasteiger partial charge is 0.193 e. The molecule has 0 aliphatic heterocycles. The Morgan fingerprint density at radius 3 is 2.23 bits per heavy atom. The zero-order valence-corrected chi connectivity index (χ0v) is 12.1. The maximum atomic E-state index is 13.5. The van der Waals surface area contributed by atoms with Crippen LogP contribution in [0.3, 0.4) is 0 Å². The van der Waals surface area contributed by atoms with Gasteiger partial charge in [0.25, 0.3) is 0 Å². The molecule has 0 amide bonds. The summed E-state index contributed by atoms with van der Waals surface area (Å²) in [6, 6.07) is 8.08. The standard InChI is InChI=1S/C17H14F2O3/c1-21-15-4-3-5-16(22-2)17(15)14(20)9-7-11-6-8-12(18)10-13(11)19/h3-10H,1-2H3/b9-7+. The molecule has 114 valence electrons. The van der Waals surface area contributed by atoms with Crippen molar-refractivity contribution in [1.82, 2.24) is 0 Å². The minimum absolute atomic E-state index is 0.114. The molecule has 0 saturated heterocycles. The molecule has 0 aliphatic rings. The van der Waals surface area contributed by atoms with Crippen LogP contribution in [0.15, 0.2) is 42.5 Å². The lowest BCUT2D eigenvalue weighted by atomic mass is 10.1. The number of carbonyl (C=O) groups excluding carboxylic acids is 1. The quantitative estimate of drug-likeness (QED) is 0.621. The number of carbonyl (C=O) groups is 1. The van der Waals surface area contributed by atoms with Crippen molar-refractivity contribution in [3.63, 3.8) is 0 Å². The Morgan fingerprint density at radius 1 is 1.05 bits per heavy atom. The summed E-state index contributed by atoms with van der Waals surface area (Å²) < 4.78 is 36.7. The molecule has 0 radical (unpaired) electrons. The fourth-order valence-electron chi connectivity index (χ4n) is 1.98. The molecular weight excluding hydrogens is 290 g/mol. The lowest BCUT2D eigenvalue weighted by Crippen LogP contribution is -2.02. The number of allylic oxidation sites excluding steroid dienone is 1. The molecular formula is C17H14F2O3. The molecule has 2 rings (SSSR count). The third kappa shape index (κ3) is 3.31. The largest absolute Gasteiger partial charge is 0.496 e. The maximum absolute atomic E-state index is 13.5.